The quantitative estimate of drug-likeness (QED) is 0.479. The van der Waals surface area contributed by atoms with E-state index in [0.717, 1.165) is 12.1 Å². The summed E-state index contributed by atoms with van der Waals surface area (Å²) in [4.78, 5) is 10.1. The molecule has 7 nitrogen and oxygen atoms in total. The van der Waals surface area contributed by atoms with Crippen LogP contribution < -0.4 is 0 Å². The summed E-state index contributed by atoms with van der Waals surface area (Å²) < 4.78 is 15.2. The average molecular weight is 297 g/mol. The van der Waals surface area contributed by atoms with Gasteiger partial charge >= 0.3 is 0 Å². The number of tetrazole rings is 1. The van der Waals surface area contributed by atoms with Crippen LogP contribution in [0.1, 0.15) is 25.5 Å². The van der Waals surface area contributed by atoms with Crippen molar-refractivity contribution < 1.29 is 9.31 Å². The number of non-ortho nitro benzene ring substituents is 1. The minimum atomic E-state index is -0.550. The standard InChI is InChI=1S/C11H12FN5O2S/c1-7(2)16-11(13-14-15-16)20-6-8-5-9(17(18)19)3-4-10(8)12/h3-5,7H,6H2,1-2H3. The molecule has 0 radical (unpaired) electrons. The first-order valence-corrected chi connectivity index (χ1v) is 6.81. The normalized spacial score (nSPS) is 11.0. The van der Waals surface area contributed by atoms with E-state index in [2.05, 4.69) is 15.5 Å². The van der Waals surface area contributed by atoms with Gasteiger partial charge in [0.25, 0.3) is 5.69 Å². The van der Waals surface area contributed by atoms with Gasteiger partial charge in [-0.1, -0.05) is 11.8 Å². The second-order valence-electron chi connectivity index (χ2n) is 4.32. The number of hydrogen-bond acceptors (Lipinski definition) is 6. The topological polar surface area (TPSA) is 86.7 Å². The summed E-state index contributed by atoms with van der Waals surface area (Å²) in [7, 11) is 0. The van der Waals surface area contributed by atoms with Crippen LogP contribution in [0.15, 0.2) is 23.4 Å². The molecule has 0 fully saturated rings. The second-order valence-corrected chi connectivity index (χ2v) is 5.26. The SMILES string of the molecule is CC(C)n1nnnc1SCc1cc([N+](=O)[O-])ccc1F. The van der Waals surface area contributed by atoms with Crippen molar-refractivity contribution in [3.05, 3.63) is 39.7 Å². The Morgan fingerprint density at radius 3 is 2.90 bits per heavy atom. The van der Waals surface area contributed by atoms with Gasteiger partial charge in [-0.3, -0.25) is 10.1 Å². The van der Waals surface area contributed by atoms with E-state index < -0.39 is 10.7 Å². The smallest absolute Gasteiger partial charge is 0.258 e. The number of nitro benzene ring substituents is 1. The molecule has 9 heteroatoms. The molecule has 0 atom stereocenters. The number of halogens is 1. The van der Waals surface area contributed by atoms with Crippen LogP contribution in [0, 0.1) is 15.9 Å². The van der Waals surface area contributed by atoms with Crippen molar-refractivity contribution in [2.45, 2.75) is 30.8 Å². The highest BCUT2D eigenvalue weighted by Gasteiger charge is 2.14. The Labute approximate surface area is 118 Å². The molecular formula is C11H12FN5O2S. The van der Waals surface area contributed by atoms with Crippen molar-refractivity contribution in [3.8, 4) is 0 Å². The summed E-state index contributed by atoms with van der Waals surface area (Å²) in [5, 5.41) is 22.5. The maximum Gasteiger partial charge on any atom is 0.269 e. The van der Waals surface area contributed by atoms with Crippen molar-refractivity contribution in [2.75, 3.05) is 0 Å². The van der Waals surface area contributed by atoms with Gasteiger partial charge in [0.15, 0.2) is 0 Å². The van der Waals surface area contributed by atoms with Gasteiger partial charge < -0.3 is 0 Å². The zero-order valence-corrected chi connectivity index (χ0v) is 11.7. The van der Waals surface area contributed by atoms with Gasteiger partial charge in [0.05, 0.1) is 11.0 Å². The molecule has 1 aromatic carbocycles. The molecule has 20 heavy (non-hydrogen) atoms. The van der Waals surface area contributed by atoms with Crippen LogP contribution in [0.25, 0.3) is 0 Å². The van der Waals surface area contributed by atoms with Gasteiger partial charge in [0.1, 0.15) is 5.82 Å². The molecule has 1 aromatic heterocycles. The van der Waals surface area contributed by atoms with Gasteiger partial charge in [-0.05, 0) is 30.3 Å². The van der Waals surface area contributed by atoms with E-state index in [9.17, 15) is 14.5 Å². The zero-order chi connectivity index (χ0) is 14.7. The number of nitro groups is 1. The van der Waals surface area contributed by atoms with E-state index in [1.165, 1.54) is 17.8 Å². The number of benzene rings is 1. The Kier molecular flexibility index (Phi) is 4.28. The van der Waals surface area contributed by atoms with Crippen molar-refractivity contribution in [1.82, 2.24) is 20.2 Å². The maximum absolute atomic E-state index is 13.6. The Bertz CT molecular complexity index is 631. The average Bonchev–Trinajstić information content (AvgIpc) is 2.86. The van der Waals surface area contributed by atoms with Crippen LogP contribution in [-0.4, -0.2) is 25.1 Å². The van der Waals surface area contributed by atoms with Crippen LogP contribution >= 0.6 is 11.8 Å². The highest BCUT2D eigenvalue weighted by molar-refractivity contribution is 7.98. The molecule has 0 amide bonds. The van der Waals surface area contributed by atoms with Crippen LogP contribution in [0.4, 0.5) is 10.1 Å². The Hall–Kier alpha value is -2.03. The molecule has 0 spiro atoms. The molecule has 0 aliphatic rings. The largest absolute Gasteiger partial charge is 0.269 e. The van der Waals surface area contributed by atoms with E-state index in [-0.39, 0.29) is 23.0 Å². The number of aromatic nitrogens is 4. The predicted octanol–water partition coefficient (Wildman–Crippen LogP) is 2.59. The summed E-state index contributed by atoms with van der Waals surface area (Å²) in [5.41, 5.74) is 0.118. The van der Waals surface area contributed by atoms with Crippen molar-refractivity contribution >= 4 is 17.4 Å². The van der Waals surface area contributed by atoms with E-state index in [0.29, 0.717) is 5.16 Å². The Balaban J connectivity index is 2.16. The van der Waals surface area contributed by atoms with E-state index in [1.807, 2.05) is 13.8 Å². The molecule has 2 rings (SSSR count). The van der Waals surface area contributed by atoms with Crippen molar-refractivity contribution in [1.29, 1.82) is 0 Å². The zero-order valence-electron chi connectivity index (χ0n) is 10.9. The molecule has 0 saturated heterocycles. The first-order valence-electron chi connectivity index (χ1n) is 5.82. The van der Waals surface area contributed by atoms with Gasteiger partial charge in [-0.25, -0.2) is 9.07 Å². The lowest BCUT2D eigenvalue weighted by molar-refractivity contribution is -0.385. The minimum Gasteiger partial charge on any atom is -0.258 e. The van der Waals surface area contributed by atoms with Crippen LogP contribution in [0.5, 0.6) is 0 Å². The highest BCUT2D eigenvalue weighted by atomic mass is 32.2. The molecule has 106 valence electrons. The molecule has 0 unspecified atom stereocenters. The van der Waals surface area contributed by atoms with E-state index in [1.54, 1.807) is 4.68 Å². The summed E-state index contributed by atoms with van der Waals surface area (Å²) in [5.74, 6) is -0.257. The fourth-order valence-corrected chi connectivity index (χ4v) is 2.51. The summed E-state index contributed by atoms with van der Waals surface area (Å²) in [6.07, 6.45) is 0. The molecule has 1 heterocycles. The third kappa shape index (κ3) is 3.10. The van der Waals surface area contributed by atoms with Crippen molar-refractivity contribution in [3.63, 3.8) is 0 Å². The molecule has 2 aromatic rings. The Morgan fingerprint density at radius 2 is 2.25 bits per heavy atom. The molecule has 0 aliphatic heterocycles. The number of thioether (sulfide) groups is 1. The third-order valence-corrected chi connectivity index (χ3v) is 3.53. The Morgan fingerprint density at radius 1 is 1.50 bits per heavy atom. The fraction of sp³-hybridized carbons (Fsp3) is 0.364. The second kappa shape index (κ2) is 5.95. The summed E-state index contributed by atoms with van der Waals surface area (Å²) in [6.45, 7) is 3.85. The minimum absolute atomic E-state index is 0.0856. The molecule has 0 bridgehead atoms. The number of nitrogens with zero attached hydrogens (tertiary/aromatic N) is 5. The van der Waals surface area contributed by atoms with E-state index in [4.69, 9.17) is 0 Å². The molecule has 0 N–H and O–H groups in total. The number of rotatable bonds is 5. The fourth-order valence-electron chi connectivity index (χ4n) is 1.53. The monoisotopic (exact) mass is 297 g/mol. The van der Waals surface area contributed by atoms with Gasteiger partial charge in [-0.15, -0.1) is 5.10 Å². The number of hydrogen-bond donors (Lipinski definition) is 0. The predicted molar refractivity (Wildman–Crippen MR) is 70.8 cm³/mol. The lowest BCUT2D eigenvalue weighted by Gasteiger charge is -2.07. The maximum atomic E-state index is 13.6. The highest BCUT2D eigenvalue weighted by Crippen LogP contribution is 2.25. The van der Waals surface area contributed by atoms with Gasteiger partial charge in [-0.2, -0.15) is 0 Å². The third-order valence-electron chi connectivity index (χ3n) is 2.55. The molecule has 0 aliphatic carbocycles. The first kappa shape index (κ1) is 14.4. The van der Waals surface area contributed by atoms with Crippen LogP contribution in [0.3, 0.4) is 0 Å². The molecule has 0 saturated carbocycles. The first-order chi connectivity index (χ1) is 9.49. The molecular weight excluding hydrogens is 285 g/mol. The lowest BCUT2D eigenvalue weighted by Crippen LogP contribution is -2.05. The summed E-state index contributed by atoms with van der Waals surface area (Å²) >= 11 is 1.23. The van der Waals surface area contributed by atoms with Crippen molar-refractivity contribution in [2.24, 2.45) is 0 Å². The van der Waals surface area contributed by atoms with E-state index >= 15 is 0 Å². The lowest BCUT2D eigenvalue weighted by atomic mass is 10.2. The summed E-state index contributed by atoms with van der Waals surface area (Å²) in [6, 6.07) is 3.55. The van der Waals surface area contributed by atoms with Gasteiger partial charge in [0.2, 0.25) is 5.16 Å². The van der Waals surface area contributed by atoms with Crippen LogP contribution in [-0.2, 0) is 5.75 Å². The van der Waals surface area contributed by atoms with Gasteiger partial charge in [0, 0.05) is 23.4 Å². The van der Waals surface area contributed by atoms with Crippen LogP contribution in [0.2, 0.25) is 0 Å².